The number of benzene rings is 1. The Morgan fingerprint density at radius 3 is 2.42 bits per heavy atom. The minimum absolute atomic E-state index is 0.160. The van der Waals surface area contributed by atoms with Crippen LogP contribution in [0.25, 0.3) is 0 Å². The van der Waals surface area contributed by atoms with Crippen molar-refractivity contribution in [2.75, 3.05) is 19.0 Å². The van der Waals surface area contributed by atoms with Gasteiger partial charge < -0.3 is 9.47 Å². The molecule has 0 saturated heterocycles. The molecule has 0 aliphatic carbocycles. The van der Waals surface area contributed by atoms with E-state index in [1.807, 2.05) is 31.2 Å². The lowest BCUT2D eigenvalue weighted by molar-refractivity contribution is -0.117. The number of rotatable bonds is 6. The van der Waals surface area contributed by atoms with Crippen LogP contribution in [0.3, 0.4) is 0 Å². The molecule has 19 heavy (non-hydrogen) atoms. The topological polar surface area (TPSA) is 64.6 Å². The zero-order chi connectivity index (χ0) is 14.1. The first-order valence-electron chi connectivity index (χ1n) is 5.98. The van der Waals surface area contributed by atoms with Crippen molar-refractivity contribution in [2.24, 2.45) is 0 Å². The van der Waals surface area contributed by atoms with Gasteiger partial charge in [-0.3, -0.25) is 10.1 Å². The number of hydrogen-bond acceptors (Lipinski definition) is 5. The zero-order valence-electron chi connectivity index (χ0n) is 11.0. The molecular formula is C13H17NO4S. The van der Waals surface area contributed by atoms with E-state index in [1.54, 1.807) is 6.92 Å². The summed E-state index contributed by atoms with van der Waals surface area (Å²) in [7, 11) is 0. The first-order valence-corrected chi connectivity index (χ1v) is 6.96. The van der Waals surface area contributed by atoms with E-state index in [2.05, 4.69) is 10.1 Å². The van der Waals surface area contributed by atoms with Crippen LogP contribution >= 0.6 is 11.8 Å². The molecule has 0 bridgehead atoms. The van der Waals surface area contributed by atoms with Crippen molar-refractivity contribution in [2.45, 2.75) is 18.7 Å². The molecular weight excluding hydrogens is 266 g/mol. The molecule has 0 heterocycles. The van der Waals surface area contributed by atoms with Crippen molar-refractivity contribution in [3.05, 3.63) is 24.3 Å². The quantitative estimate of drug-likeness (QED) is 0.812. The minimum Gasteiger partial charge on any atom is -0.494 e. The number of alkyl carbamates (subject to hydrolysis) is 1. The van der Waals surface area contributed by atoms with E-state index in [-0.39, 0.29) is 18.3 Å². The summed E-state index contributed by atoms with van der Waals surface area (Å²) < 4.78 is 9.93. The van der Waals surface area contributed by atoms with Gasteiger partial charge in [-0.1, -0.05) is 0 Å². The molecule has 1 aromatic carbocycles. The summed E-state index contributed by atoms with van der Waals surface area (Å²) in [6.07, 6.45) is -0.709. The lowest BCUT2D eigenvalue weighted by atomic mass is 10.3. The Hall–Kier alpha value is -1.69. The Bertz CT molecular complexity index is 419. The second kappa shape index (κ2) is 8.42. The van der Waals surface area contributed by atoms with Gasteiger partial charge in [-0.15, -0.1) is 11.8 Å². The summed E-state index contributed by atoms with van der Waals surface area (Å²) >= 11 is 1.34. The van der Waals surface area contributed by atoms with Crippen LogP contribution in [0.1, 0.15) is 13.8 Å². The summed E-state index contributed by atoms with van der Waals surface area (Å²) in [4.78, 5) is 23.3. The summed E-state index contributed by atoms with van der Waals surface area (Å²) in [5.74, 6) is 0.576. The highest BCUT2D eigenvalue weighted by Gasteiger charge is 2.08. The summed E-state index contributed by atoms with van der Waals surface area (Å²) in [5, 5.41) is 2.14. The van der Waals surface area contributed by atoms with E-state index >= 15 is 0 Å². The van der Waals surface area contributed by atoms with Crippen LogP contribution in [0.5, 0.6) is 5.75 Å². The van der Waals surface area contributed by atoms with Gasteiger partial charge in [0.05, 0.1) is 19.0 Å². The van der Waals surface area contributed by atoms with Crippen LogP contribution in [-0.2, 0) is 9.53 Å². The summed E-state index contributed by atoms with van der Waals surface area (Å²) in [6, 6.07) is 7.42. The van der Waals surface area contributed by atoms with Gasteiger partial charge in [0.2, 0.25) is 5.91 Å². The van der Waals surface area contributed by atoms with Crippen LogP contribution in [0.2, 0.25) is 0 Å². The standard InChI is InChI=1S/C13H17NO4S/c1-3-17-10-5-7-11(8-6-10)19-9-12(15)14-13(16)18-4-2/h5-8H,3-4,9H2,1-2H3,(H,14,15,16). The number of ether oxygens (including phenoxy) is 2. The fourth-order valence-electron chi connectivity index (χ4n) is 1.26. The van der Waals surface area contributed by atoms with Crippen molar-refractivity contribution >= 4 is 23.8 Å². The number of carbonyl (C=O) groups excluding carboxylic acids is 2. The first kappa shape index (κ1) is 15.4. The van der Waals surface area contributed by atoms with Crippen LogP contribution in [-0.4, -0.2) is 31.0 Å². The van der Waals surface area contributed by atoms with Gasteiger partial charge in [-0.05, 0) is 38.1 Å². The van der Waals surface area contributed by atoms with Crippen LogP contribution < -0.4 is 10.1 Å². The summed E-state index contributed by atoms with van der Waals surface area (Å²) in [6.45, 7) is 4.46. The molecule has 0 aliphatic rings. The Morgan fingerprint density at radius 2 is 1.84 bits per heavy atom. The summed E-state index contributed by atoms with van der Waals surface area (Å²) in [5.41, 5.74) is 0. The van der Waals surface area contributed by atoms with Crippen LogP contribution in [0.15, 0.2) is 29.2 Å². The van der Waals surface area contributed by atoms with Gasteiger partial charge >= 0.3 is 6.09 Å². The zero-order valence-corrected chi connectivity index (χ0v) is 11.8. The molecule has 104 valence electrons. The van der Waals surface area contributed by atoms with E-state index in [0.717, 1.165) is 10.6 Å². The molecule has 0 atom stereocenters. The third kappa shape index (κ3) is 6.15. The third-order valence-electron chi connectivity index (χ3n) is 2.02. The van der Waals surface area contributed by atoms with E-state index in [0.29, 0.717) is 6.61 Å². The van der Waals surface area contributed by atoms with Crippen LogP contribution in [0.4, 0.5) is 4.79 Å². The smallest absolute Gasteiger partial charge is 0.413 e. The first-order chi connectivity index (χ1) is 9.15. The maximum absolute atomic E-state index is 11.4. The molecule has 0 aliphatic heterocycles. The molecule has 6 heteroatoms. The van der Waals surface area contributed by atoms with Gasteiger partial charge in [0, 0.05) is 4.90 Å². The Balaban J connectivity index is 2.35. The third-order valence-corrected chi connectivity index (χ3v) is 3.03. The molecule has 5 nitrogen and oxygen atoms in total. The molecule has 0 fully saturated rings. The fraction of sp³-hybridized carbons (Fsp3) is 0.385. The van der Waals surface area contributed by atoms with Gasteiger partial charge in [-0.2, -0.15) is 0 Å². The van der Waals surface area contributed by atoms with E-state index < -0.39 is 6.09 Å². The lowest BCUT2D eigenvalue weighted by Crippen LogP contribution is -2.32. The highest BCUT2D eigenvalue weighted by atomic mass is 32.2. The number of nitrogens with one attached hydrogen (secondary N) is 1. The molecule has 2 amide bonds. The number of thioether (sulfide) groups is 1. The predicted molar refractivity (Wildman–Crippen MR) is 73.5 cm³/mol. The number of imide groups is 1. The Kier molecular flexibility index (Phi) is 6.81. The number of amides is 2. The van der Waals surface area contributed by atoms with E-state index in [4.69, 9.17) is 4.74 Å². The Morgan fingerprint density at radius 1 is 1.16 bits per heavy atom. The fourth-order valence-corrected chi connectivity index (χ4v) is 1.96. The van der Waals surface area contributed by atoms with Crippen LogP contribution in [0, 0.1) is 0 Å². The predicted octanol–water partition coefficient (Wildman–Crippen LogP) is 2.45. The maximum Gasteiger partial charge on any atom is 0.413 e. The second-order valence-corrected chi connectivity index (χ2v) is 4.51. The molecule has 1 N–H and O–H groups in total. The molecule has 0 unspecified atom stereocenters. The molecule has 1 aromatic rings. The molecule has 0 saturated carbocycles. The molecule has 0 aromatic heterocycles. The average molecular weight is 283 g/mol. The molecule has 1 rings (SSSR count). The van der Waals surface area contributed by atoms with Crippen molar-refractivity contribution < 1.29 is 19.1 Å². The Labute approximate surface area is 116 Å². The second-order valence-electron chi connectivity index (χ2n) is 3.46. The monoisotopic (exact) mass is 283 g/mol. The van der Waals surface area contributed by atoms with Crippen molar-refractivity contribution in [1.29, 1.82) is 0 Å². The highest BCUT2D eigenvalue weighted by molar-refractivity contribution is 8.00. The van der Waals surface area contributed by atoms with Gasteiger partial charge in [-0.25, -0.2) is 4.79 Å². The number of hydrogen-bond donors (Lipinski definition) is 1. The van der Waals surface area contributed by atoms with E-state index in [9.17, 15) is 9.59 Å². The highest BCUT2D eigenvalue weighted by Crippen LogP contribution is 2.21. The number of carbonyl (C=O) groups is 2. The molecule has 0 radical (unpaired) electrons. The van der Waals surface area contributed by atoms with Crippen molar-refractivity contribution in [3.63, 3.8) is 0 Å². The average Bonchev–Trinajstić information content (AvgIpc) is 2.38. The van der Waals surface area contributed by atoms with Crippen molar-refractivity contribution in [1.82, 2.24) is 5.32 Å². The lowest BCUT2D eigenvalue weighted by Gasteiger charge is -2.05. The van der Waals surface area contributed by atoms with Gasteiger partial charge in [0.15, 0.2) is 0 Å². The normalized spacial score (nSPS) is 9.79. The molecule has 0 spiro atoms. The van der Waals surface area contributed by atoms with Gasteiger partial charge in [0.1, 0.15) is 5.75 Å². The van der Waals surface area contributed by atoms with E-state index in [1.165, 1.54) is 11.8 Å². The largest absolute Gasteiger partial charge is 0.494 e. The van der Waals surface area contributed by atoms with Crippen molar-refractivity contribution in [3.8, 4) is 5.75 Å². The SMILES string of the molecule is CCOC(=O)NC(=O)CSc1ccc(OCC)cc1. The van der Waals surface area contributed by atoms with Gasteiger partial charge in [0.25, 0.3) is 0 Å². The maximum atomic E-state index is 11.4. The minimum atomic E-state index is -0.709.